The molecule has 1 rings (SSSR count). The van der Waals surface area contributed by atoms with Gasteiger partial charge < -0.3 is 20.7 Å². The molecule has 1 aliphatic heterocycles. The van der Waals surface area contributed by atoms with Crippen LogP contribution in [0.5, 0.6) is 0 Å². The Labute approximate surface area is 101 Å². The minimum atomic E-state index is -0.518. The van der Waals surface area contributed by atoms with Crippen LogP contribution in [0.4, 0.5) is 0 Å². The molecule has 0 bridgehead atoms. The van der Waals surface area contributed by atoms with Crippen molar-refractivity contribution in [1.82, 2.24) is 10.2 Å². The van der Waals surface area contributed by atoms with E-state index in [2.05, 4.69) is 5.32 Å². The third kappa shape index (κ3) is 3.98. The molecule has 2 unspecified atom stereocenters. The summed E-state index contributed by atoms with van der Waals surface area (Å²) in [7, 11) is 3.41. The highest BCUT2D eigenvalue weighted by molar-refractivity contribution is 5.81. The molecule has 2 amide bonds. The molecule has 6 heteroatoms. The summed E-state index contributed by atoms with van der Waals surface area (Å²) in [6, 6.07) is -0.518. The first-order chi connectivity index (χ1) is 7.91. The molecule has 0 saturated carbocycles. The Morgan fingerprint density at radius 1 is 1.47 bits per heavy atom. The Kier molecular flexibility index (Phi) is 4.89. The minimum absolute atomic E-state index is 0.0222. The fraction of sp³-hybridized carbons (Fsp3) is 0.818. The molecule has 3 atom stereocenters. The number of hydrogen-bond donors (Lipinski definition) is 2. The van der Waals surface area contributed by atoms with Crippen LogP contribution >= 0.6 is 0 Å². The number of hydrogen-bond acceptors (Lipinski definition) is 4. The number of amides is 2. The lowest BCUT2D eigenvalue weighted by atomic mass is 10.2. The highest BCUT2D eigenvalue weighted by Gasteiger charge is 2.31. The maximum atomic E-state index is 11.6. The first kappa shape index (κ1) is 13.9. The van der Waals surface area contributed by atoms with Gasteiger partial charge in [-0.3, -0.25) is 9.59 Å². The summed E-state index contributed by atoms with van der Waals surface area (Å²) < 4.78 is 5.57. The zero-order chi connectivity index (χ0) is 13.0. The Morgan fingerprint density at radius 2 is 2.12 bits per heavy atom. The van der Waals surface area contributed by atoms with Crippen LogP contribution in [0.2, 0.25) is 0 Å². The van der Waals surface area contributed by atoms with Gasteiger partial charge in [0.15, 0.2) is 0 Å². The van der Waals surface area contributed by atoms with Gasteiger partial charge in [0.05, 0.1) is 12.1 Å². The molecule has 17 heavy (non-hydrogen) atoms. The van der Waals surface area contributed by atoms with Crippen molar-refractivity contribution in [3.63, 3.8) is 0 Å². The van der Waals surface area contributed by atoms with Crippen molar-refractivity contribution in [2.24, 2.45) is 5.73 Å². The van der Waals surface area contributed by atoms with Crippen molar-refractivity contribution >= 4 is 11.8 Å². The van der Waals surface area contributed by atoms with E-state index in [1.54, 1.807) is 21.0 Å². The van der Waals surface area contributed by atoms with E-state index in [1.807, 2.05) is 0 Å². The van der Waals surface area contributed by atoms with Crippen molar-refractivity contribution in [1.29, 1.82) is 0 Å². The quantitative estimate of drug-likeness (QED) is 0.669. The summed E-state index contributed by atoms with van der Waals surface area (Å²) in [6.45, 7) is 2.04. The fourth-order valence-corrected chi connectivity index (χ4v) is 1.70. The van der Waals surface area contributed by atoms with Gasteiger partial charge in [0.2, 0.25) is 5.91 Å². The zero-order valence-electron chi connectivity index (χ0n) is 10.6. The first-order valence-corrected chi connectivity index (χ1v) is 5.81. The lowest BCUT2D eigenvalue weighted by Crippen LogP contribution is -2.42. The molecule has 3 N–H and O–H groups in total. The molecule has 6 nitrogen and oxygen atoms in total. The Balaban J connectivity index is 2.31. The van der Waals surface area contributed by atoms with Crippen LogP contribution in [0.3, 0.4) is 0 Å². The molecule has 1 saturated heterocycles. The highest BCUT2D eigenvalue weighted by Crippen LogP contribution is 2.20. The molecule has 1 aliphatic rings. The van der Waals surface area contributed by atoms with Crippen molar-refractivity contribution in [2.45, 2.75) is 38.0 Å². The molecule has 0 aliphatic carbocycles. The summed E-state index contributed by atoms with van der Waals surface area (Å²) in [4.78, 5) is 24.4. The average Bonchev–Trinajstić information content (AvgIpc) is 2.72. The predicted molar refractivity (Wildman–Crippen MR) is 63.2 cm³/mol. The molecule has 1 fully saturated rings. The van der Waals surface area contributed by atoms with Gasteiger partial charge >= 0.3 is 0 Å². The second kappa shape index (κ2) is 5.97. The van der Waals surface area contributed by atoms with Crippen LogP contribution in [0.25, 0.3) is 0 Å². The van der Waals surface area contributed by atoms with E-state index in [4.69, 9.17) is 10.5 Å². The number of nitrogens with zero attached hydrogens (tertiary/aromatic N) is 1. The smallest absolute Gasteiger partial charge is 0.251 e. The van der Waals surface area contributed by atoms with Crippen LogP contribution in [0.1, 0.15) is 19.8 Å². The fourth-order valence-electron chi connectivity index (χ4n) is 1.70. The number of rotatable bonds is 4. The summed E-state index contributed by atoms with van der Waals surface area (Å²) in [5.74, 6) is -0.220. The summed E-state index contributed by atoms with van der Waals surface area (Å²) in [5, 5.41) is 2.70. The van der Waals surface area contributed by atoms with E-state index in [-0.39, 0.29) is 24.0 Å². The molecular formula is C11H21N3O3. The average molecular weight is 243 g/mol. The summed E-state index contributed by atoms with van der Waals surface area (Å²) >= 11 is 0. The van der Waals surface area contributed by atoms with Gasteiger partial charge in [-0.05, 0) is 19.8 Å². The van der Waals surface area contributed by atoms with Crippen molar-refractivity contribution in [3.8, 4) is 0 Å². The monoisotopic (exact) mass is 243 g/mol. The van der Waals surface area contributed by atoms with Gasteiger partial charge in [-0.25, -0.2) is 0 Å². The van der Waals surface area contributed by atoms with Crippen molar-refractivity contribution < 1.29 is 14.3 Å². The van der Waals surface area contributed by atoms with Crippen LogP contribution in [-0.2, 0) is 14.3 Å². The lowest BCUT2D eigenvalue weighted by Gasteiger charge is -2.17. The van der Waals surface area contributed by atoms with Gasteiger partial charge in [-0.1, -0.05) is 0 Å². The first-order valence-electron chi connectivity index (χ1n) is 5.81. The number of nitrogens with one attached hydrogen (secondary N) is 1. The predicted octanol–water partition coefficient (Wildman–Crippen LogP) is -0.914. The van der Waals surface area contributed by atoms with E-state index in [0.717, 1.165) is 6.42 Å². The van der Waals surface area contributed by atoms with Gasteiger partial charge in [0.1, 0.15) is 6.10 Å². The minimum Gasteiger partial charge on any atom is -0.363 e. The zero-order valence-corrected chi connectivity index (χ0v) is 10.6. The number of ether oxygens (including phenoxy) is 1. The van der Waals surface area contributed by atoms with Crippen LogP contribution in [-0.4, -0.2) is 55.6 Å². The van der Waals surface area contributed by atoms with Gasteiger partial charge in [-0.2, -0.15) is 0 Å². The molecule has 0 spiro atoms. The number of carbonyl (C=O) groups is 2. The Bertz CT molecular complexity index is 292. The number of likely N-dealkylation sites (N-methyl/N-ethyl adjacent to an activating group) is 1. The van der Waals surface area contributed by atoms with Crippen LogP contribution in [0, 0.1) is 0 Å². The third-order valence-corrected chi connectivity index (χ3v) is 2.74. The van der Waals surface area contributed by atoms with Crippen molar-refractivity contribution in [3.05, 3.63) is 0 Å². The van der Waals surface area contributed by atoms with Gasteiger partial charge in [-0.15, -0.1) is 0 Å². The Morgan fingerprint density at radius 3 is 2.65 bits per heavy atom. The van der Waals surface area contributed by atoms with E-state index >= 15 is 0 Å². The van der Waals surface area contributed by atoms with Gasteiger partial charge in [0, 0.05) is 20.6 Å². The SMILES string of the molecule is C[C@@H](N)C(=O)NCC1CCC(C(=O)N(C)C)O1. The van der Waals surface area contributed by atoms with E-state index < -0.39 is 6.04 Å². The van der Waals surface area contributed by atoms with Gasteiger partial charge in [0.25, 0.3) is 5.91 Å². The Hall–Kier alpha value is -1.14. The number of carbonyl (C=O) groups excluding carboxylic acids is 2. The molecule has 98 valence electrons. The normalized spacial score (nSPS) is 25.4. The molecule has 1 heterocycles. The van der Waals surface area contributed by atoms with Crippen LogP contribution in [0.15, 0.2) is 0 Å². The van der Waals surface area contributed by atoms with E-state index in [1.165, 1.54) is 4.90 Å². The topological polar surface area (TPSA) is 84.7 Å². The number of nitrogens with two attached hydrogens (primary N) is 1. The molecule has 0 aromatic carbocycles. The van der Waals surface area contributed by atoms with Crippen LogP contribution < -0.4 is 11.1 Å². The summed E-state index contributed by atoms with van der Waals surface area (Å²) in [6.07, 6.45) is 1.02. The maximum Gasteiger partial charge on any atom is 0.251 e. The molecule has 0 radical (unpaired) electrons. The van der Waals surface area contributed by atoms with E-state index in [9.17, 15) is 9.59 Å². The third-order valence-electron chi connectivity index (χ3n) is 2.74. The van der Waals surface area contributed by atoms with E-state index in [0.29, 0.717) is 13.0 Å². The largest absolute Gasteiger partial charge is 0.363 e. The summed E-state index contributed by atoms with van der Waals surface area (Å²) in [5.41, 5.74) is 5.42. The molecule has 0 aromatic heterocycles. The molecular weight excluding hydrogens is 222 g/mol. The van der Waals surface area contributed by atoms with Crippen molar-refractivity contribution in [2.75, 3.05) is 20.6 Å². The standard InChI is InChI=1S/C11H21N3O3/c1-7(12)10(15)13-6-8-4-5-9(17-8)11(16)14(2)3/h7-9H,4-6,12H2,1-3H3,(H,13,15)/t7-,8?,9?/m1/s1. The maximum absolute atomic E-state index is 11.6. The molecule has 0 aromatic rings. The second-order valence-electron chi connectivity index (χ2n) is 4.59. The lowest BCUT2D eigenvalue weighted by molar-refractivity contribution is -0.140. The highest BCUT2D eigenvalue weighted by atomic mass is 16.5. The second-order valence-corrected chi connectivity index (χ2v) is 4.59.